The first-order valence-corrected chi connectivity index (χ1v) is 5.76. The Kier molecular flexibility index (Phi) is 2.84. The summed E-state index contributed by atoms with van der Waals surface area (Å²) in [6.45, 7) is 0. The number of anilines is 1. The van der Waals surface area contributed by atoms with E-state index in [0.717, 1.165) is 4.47 Å². The van der Waals surface area contributed by atoms with Crippen LogP contribution in [-0.2, 0) is 0 Å². The van der Waals surface area contributed by atoms with Gasteiger partial charge in [0, 0.05) is 4.47 Å². The number of nitrogen functional groups attached to an aromatic ring is 1. The third kappa shape index (κ3) is 1.76. The molecule has 0 spiro atoms. The van der Waals surface area contributed by atoms with Gasteiger partial charge in [-0.3, -0.25) is 10.1 Å². The predicted molar refractivity (Wildman–Crippen MR) is 64.1 cm³/mol. The zero-order valence-corrected chi connectivity index (χ0v) is 10.2. The molecule has 2 aromatic rings. The van der Waals surface area contributed by atoms with E-state index in [1.807, 2.05) is 0 Å². The summed E-state index contributed by atoms with van der Waals surface area (Å²) in [5.74, 6) is -0.129. The summed E-state index contributed by atoms with van der Waals surface area (Å²) >= 11 is 4.64. The number of nitrogens with two attached hydrogens (primary N) is 1. The van der Waals surface area contributed by atoms with Crippen LogP contribution in [0, 0.1) is 10.1 Å². The van der Waals surface area contributed by atoms with Crippen LogP contribution in [0.25, 0.3) is 10.6 Å². The van der Waals surface area contributed by atoms with E-state index in [4.69, 9.17) is 5.73 Å². The zero-order chi connectivity index (χ0) is 11.7. The van der Waals surface area contributed by atoms with Crippen molar-refractivity contribution in [1.29, 1.82) is 0 Å². The molecule has 0 bridgehead atoms. The maximum absolute atomic E-state index is 10.9. The van der Waals surface area contributed by atoms with Gasteiger partial charge in [0.1, 0.15) is 6.33 Å². The SMILES string of the molecule is Nc1ncnc(-c2sccc2Br)c1[N+](=O)[O-]. The van der Waals surface area contributed by atoms with Crippen molar-refractivity contribution in [3.05, 3.63) is 32.4 Å². The Labute approximate surface area is 102 Å². The molecular formula is C8H5BrN4O2S. The molecule has 0 unspecified atom stereocenters. The molecule has 2 N–H and O–H groups in total. The van der Waals surface area contributed by atoms with Gasteiger partial charge in [-0.2, -0.15) is 0 Å². The first kappa shape index (κ1) is 11.0. The lowest BCUT2D eigenvalue weighted by Gasteiger charge is -2.01. The van der Waals surface area contributed by atoms with E-state index >= 15 is 0 Å². The summed E-state index contributed by atoms with van der Waals surface area (Å²) in [7, 11) is 0. The Morgan fingerprint density at radius 2 is 2.25 bits per heavy atom. The van der Waals surface area contributed by atoms with E-state index < -0.39 is 4.92 Å². The minimum Gasteiger partial charge on any atom is -0.378 e. The van der Waals surface area contributed by atoms with Crippen molar-refractivity contribution >= 4 is 38.8 Å². The molecule has 0 aliphatic rings. The van der Waals surface area contributed by atoms with Crippen LogP contribution in [0.5, 0.6) is 0 Å². The number of hydrogen-bond acceptors (Lipinski definition) is 6. The van der Waals surface area contributed by atoms with Crippen LogP contribution in [-0.4, -0.2) is 14.9 Å². The first-order valence-electron chi connectivity index (χ1n) is 4.09. The second kappa shape index (κ2) is 4.14. The van der Waals surface area contributed by atoms with Crippen molar-refractivity contribution in [3.8, 4) is 10.6 Å². The third-order valence-corrected chi connectivity index (χ3v) is 3.71. The standard InChI is InChI=1S/C8H5BrN4O2S/c9-4-1-2-16-7(4)5-6(13(14)15)8(10)12-3-11-5/h1-3H,(H2,10,11,12). The molecule has 8 heteroatoms. The molecule has 6 nitrogen and oxygen atoms in total. The van der Waals surface area contributed by atoms with Crippen molar-refractivity contribution in [2.45, 2.75) is 0 Å². The predicted octanol–water partition coefficient (Wildman–Crippen LogP) is 2.46. The van der Waals surface area contributed by atoms with Gasteiger partial charge in [0.15, 0.2) is 5.69 Å². The lowest BCUT2D eigenvalue weighted by Crippen LogP contribution is -2.01. The Morgan fingerprint density at radius 1 is 1.50 bits per heavy atom. The molecule has 0 radical (unpaired) electrons. The summed E-state index contributed by atoms with van der Waals surface area (Å²) in [5, 5.41) is 12.7. The van der Waals surface area contributed by atoms with E-state index in [1.165, 1.54) is 17.7 Å². The molecule has 16 heavy (non-hydrogen) atoms. The van der Waals surface area contributed by atoms with E-state index in [0.29, 0.717) is 4.88 Å². The van der Waals surface area contributed by atoms with Crippen LogP contribution in [0.3, 0.4) is 0 Å². The molecule has 2 aromatic heterocycles. The highest BCUT2D eigenvalue weighted by molar-refractivity contribution is 9.10. The molecule has 82 valence electrons. The summed E-state index contributed by atoms with van der Waals surface area (Å²) in [4.78, 5) is 18.5. The molecule has 0 fully saturated rings. The molecule has 2 rings (SSSR count). The van der Waals surface area contributed by atoms with Gasteiger partial charge in [0.2, 0.25) is 5.82 Å². The molecular weight excluding hydrogens is 296 g/mol. The fourth-order valence-electron chi connectivity index (χ4n) is 1.20. The highest BCUT2D eigenvalue weighted by Gasteiger charge is 2.24. The largest absolute Gasteiger partial charge is 0.378 e. The van der Waals surface area contributed by atoms with E-state index in [9.17, 15) is 10.1 Å². The minimum atomic E-state index is -0.573. The molecule has 0 saturated carbocycles. The highest BCUT2D eigenvalue weighted by atomic mass is 79.9. The molecule has 0 saturated heterocycles. The number of nitrogens with zero attached hydrogens (tertiary/aromatic N) is 3. The topological polar surface area (TPSA) is 94.9 Å². The van der Waals surface area contributed by atoms with Crippen molar-refractivity contribution in [2.24, 2.45) is 0 Å². The van der Waals surface area contributed by atoms with E-state index in [2.05, 4.69) is 25.9 Å². The van der Waals surface area contributed by atoms with Gasteiger partial charge in [-0.05, 0) is 27.4 Å². The maximum atomic E-state index is 10.9. The second-order valence-corrected chi connectivity index (χ2v) is 4.58. The monoisotopic (exact) mass is 300 g/mol. The third-order valence-electron chi connectivity index (χ3n) is 1.87. The Morgan fingerprint density at radius 3 is 2.81 bits per heavy atom. The van der Waals surface area contributed by atoms with Gasteiger partial charge >= 0.3 is 5.69 Å². The lowest BCUT2D eigenvalue weighted by molar-refractivity contribution is -0.383. The first-order chi connectivity index (χ1) is 7.61. The number of halogens is 1. The average Bonchev–Trinajstić information content (AvgIpc) is 2.63. The molecule has 0 aromatic carbocycles. The summed E-state index contributed by atoms with van der Waals surface area (Å²) in [5.41, 5.74) is 5.45. The Hall–Kier alpha value is -1.54. The van der Waals surface area contributed by atoms with Gasteiger partial charge in [-0.1, -0.05) is 0 Å². The van der Waals surface area contributed by atoms with Crippen LogP contribution < -0.4 is 5.73 Å². The fraction of sp³-hybridized carbons (Fsp3) is 0. The van der Waals surface area contributed by atoms with Gasteiger partial charge in [-0.15, -0.1) is 11.3 Å². The summed E-state index contributed by atoms with van der Waals surface area (Å²) in [6, 6.07) is 1.79. The van der Waals surface area contributed by atoms with Gasteiger partial charge in [-0.25, -0.2) is 9.97 Å². The molecule has 2 heterocycles. The van der Waals surface area contributed by atoms with Crippen LogP contribution in [0.15, 0.2) is 22.2 Å². The number of hydrogen-bond donors (Lipinski definition) is 1. The van der Waals surface area contributed by atoms with Crippen molar-refractivity contribution in [3.63, 3.8) is 0 Å². The van der Waals surface area contributed by atoms with Crippen molar-refractivity contribution in [2.75, 3.05) is 5.73 Å². The quantitative estimate of drug-likeness (QED) is 0.679. The molecule has 0 aliphatic carbocycles. The zero-order valence-electron chi connectivity index (χ0n) is 7.75. The van der Waals surface area contributed by atoms with Crippen molar-refractivity contribution < 1.29 is 4.92 Å². The normalized spacial score (nSPS) is 10.3. The minimum absolute atomic E-state index is 0.129. The van der Waals surface area contributed by atoms with Crippen LogP contribution >= 0.6 is 27.3 Å². The summed E-state index contributed by atoms with van der Waals surface area (Å²) < 4.78 is 0.749. The average molecular weight is 301 g/mol. The molecule has 0 atom stereocenters. The summed E-state index contributed by atoms with van der Waals surface area (Å²) in [6.07, 6.45) is 1.21. The number of aromatic nitrogens is 2. The van der Waals surface area contributed by atoms with Crippen LogP contribution in [0.4, 0.5) is 11.5 Å². The molecule has 0 amide bonds. The number of thiophene rings is 1. The van der Waals surface area contributed by atoms with Crippen molar-refractivity contribution in [1.82, 2.24) is 9.97 Å². The fourth-order valence-corrected chi connectivity index (χ4v) is 2.76. The smallest absolute Gasteiger partial charge is 0.338 e. The van der Waals surface area contributed by atoms with E-state index in [1.54, 1.807) is 11.4 Å². The van der Waals surface area contributed by atoms with E-state index in [-0.39, 0.29) is 17.2 Å². The van der Waals surface area contributed by atoms with Gasteiger partial charge in [0.25, 0.3) is 0 Å². The molecule has 0 aliphatic heterocycles. The van der Waals surface area contributed by atoms with Gasteiger partial charge in [0.05, 0.1) is 9.80 Å². The maximum Gasteiger partial charge on any atom is 0.338 e. The Bertz CT molecular complexity index is 557. The lowest BCUT2D eigenvalue weighted by atomic mass is 10.3. The Balaban J connectivity index is 2.70. The van der Waals surface area contributed by atoms with Crippen LogP contribution in [0.1, 0.15) is 0 Å². The highest BCUT2D eigenvalue weighted by Crippen LogP contribution is 2.38. The number of nitro groups is 1. The second-order valence-electron chi connectivity index (χ2n) is 2.81. The van der Waals surface area contributed by atoms with Gasteiger partial charge < -0.3 is 5.73 Å². The van der Waals surface area contributed by atoms with Crippen LogP contribution in [0.2, 0.25) is 0 Å². The number of rotatable bonds is 2.